The van der Waals surface area contributed by atoms with Gasteiger partial charge in [-0.3, -0.25) is 4.57 Å². The van der Waals surface area contributed by atoms with E-state index >= 15 is 0 Å². The van der Waals surface area contributed by atoms with Crippen LogP contribution in [0.15, 0.2) is 0 Å². The Bertz CT molecular complexity index is 518. The van der Waals surface area contributed by atoms with E-state index in [9.17, 15) is 9.46 Å². The van der Waals surface area contributed by atoms with E-state index in [4.69, 9.17) is 9.05 Å². The van der Waals surface area contributed by atoms with Gasteiger partial charge >= 0.3 is 51.4 Å². The van der Waals surface area contributed by atoms with Crippen LogP contribution in [0.4, 0.5) is 0 Å². The Hall–Kier alpha value is 1.75. The molecule has 0 aliphatic carbocycles. The zero-order chi connectivity index (χ0) is 28.7. The second-order valence-corrected chi connectivity index (χ2v) is 13.9. The normalized spacial score (nSPS) is 13.0. The van der Waals surface area contributed by atoms with Crippen LogP contribution in [0.25, 0.3) is 0 Å². The van der Waals surface area contributed by atoms with Crippen molar-refractivity contribution in [1.29, 1.82) is 0 Å². The molecule has 0 spiro atoms. The van der Waals surface area contributed by atoms with Crippen molar-refractivity contribution in [3.8, 4) is 0 Å². The molecule has 40 heavy (non-hydrogen) atoms. The summed E-state index contributed by atoms with van der Waals surface area (Å²) in [7, 11) is -4.12. The van der Waals surface area contributed by atoms with Gasteiger partial charge in [0.25, 0.3) is 7.82 Å². The monoisotopic (exact) mass is 612 g/mol. The number of unbranched alkanes of at least 4 members (excludes halogenated alkanes) is 25. The second kappa shape index (κ2) is 35.2. The first kappa shape index (κ1) is 43.9. The van der Waals surface area contributed by atoms with Crippen molar-refractivity contribution in [3.05, 3.63) is 0 Å². The molecule has 0 bridgehead atoms. The quantitative estimate of drug-likeness (QED) is 0.0421. The number of phosphoric acid groups is 1. The van der Waals surface area contributed by atoms with Crippen molar-refractivity contribution in [3.63, 3.8) is 0 Å². The largest absolute Gasteiger partial charge is 1.00 e. The van der Waals surface area contributed by atoms with E-state index in [0.717, 1.165) is 31.6 Å². The first-order chi connectivity index (χ1) is 19.0. The molecule has 236 valence electrons. The summed E-state index contributed by atoms with van der Waals surface area (Å²) >= 11 is 0. The number of hydrogen-bond donors (Lipinski definition) is 0. The van der Waals surface area contributed by atoms with Crippen molar-refractivity contribution < 1.29 is 69.9 Å². The zero-order valence-corrected chi connectivity index (χ0v) is 31.9. The minimum absolute atomic E-state index is 0. The minimum Gasteiger partial charge on any atom is -0.756 e. The first-order valence-electron chi connectivity index (χ1n) is 17.6. The number of hydrogen-bond acceptors (Lipinski definition) is 4. The maximum atomic E-state index is 11.9. The van der Waals surface area contributed by atoms with Gasteiger partial charge in [-0.25, -0.2) is 0 Å². The summed E-state index contributed by atoms with van der Waals surface area (Å²) in [6, 6.07) is 0. The van der Waals surface area contributed by atoms with E-state index in [-0.39, 0.29) is 64.6 Å². The molecule has 0 N–H and O–H groups in total. The Morgan fingerprint density at radius 1 is 0.475 bits per heavy atom. The molecule has 0 saturated carbocycles. The predicted molar refractivity (Wildman–Crippen MR) is 169 cm³/mol. The predicted octanol–water partition coefficient (Wildman–Crippen LogP) is 9.09. The van der Waals surface area contributed by atoms with Gasteiger partial charge < -0.3 is 13.9 Å². The first-order valence-corrected chi connectivity index (χ1v) is 19.0. The molecule has 0 aliphatic rings. The van der Waals surface area contributed by atoms with Gasteiger partial charge in [-0.15, -0.1) is 0 Å². The van der Waals surface area contributed by atoms with E-state index in [1.54, 1.807) is 0 Å². The zero-order valence-electron chi connectivity index (χ0n) is 27.9. The van der Waals surface area contributed by atoms with Gasteiger partial charge in [-0.05, 0) is 18.8 Å². The van der Waals surface area contributed by atoms with E-state index < -0.39 is 7.82 Å². The van der Waals surface area contributed by atoms with E-state index in [1.165, 1.54) is 154 Å². The Balaban J connectivity index is 0. The van der Waals surface area contributed by atoms with Crippen LogP contribution >= 0.6 is 7.82 Å². The summed E-state index contributed by atoms with van der Waals surface area (Å²) in [5.74, 6) is 0.855. The molecular weight excluding hydrogens is 542 g/mol. The molecule has 0 aliphatic heterocycles. The third-order valence-corrected chi connectivity index (χ3v) is 8.92. The average Bonchev–Trinajstić information content (AvgIpc) is 2.90. The molecule has 0 rings (SSSR count). The smallest absolute Gasteiger partial charge is 0.756 e. The van der Waals surface area contributed by atoms with Crippen LogP contribution in [0.3, 0.4) is 0 Å². The van der Waals surface area contributed by atoms with Crippen LogP contribution < -0.4 is 56.3 Å². The average molecular weight is 613 g/mol. The topological polar surface area (TPSA) is 58.6 Å². The van der Waals surface area contributed by atoms with Crippen molar-refractivity contribution in [2.24, 2.45) is 5.92 Å². The van der Waals surface area contributed by atoms with Crippen LogP contribution in [0, 0.1) is 5.92 Å². The van der Waals surface area contributed by atoms with Gasteiger partial charge in [-0.2, -0.15) is 0 Å². The van der Waals surface area contributed by atoms with Crippen molar-refractivity contribution in [2.45, 2.75) is 201 Å². The fraction of sp³-hybridized carbons (Fsp3) is 1.00. The SMILES string of the molecule is CCCCCCCCCCCCCCCCOP(=O)([O-])OCCCCCCCCCCCCCCCC(C)C.[K+]. The van der Waals surface area contributed by atoms with Crippen LogP contribution in [-0.2, 0) is 13.6 Å². The van der Waals surface area contributed by atoms with Crippen molar-refractivity contribution >= 4 is 7.82 Å². The third-order valence-electron chi connectivity index (χ3n) is 7.92. The van der Waals surface area contributed by atoms with Crippen molar-refractivity contribution in [1.82, 2.24) is 0 Å². The van der Waals surface area contributed by atoms with Crippen molar-refractivity contribution in [2.75, 3.05) is 13.2 Å². The Morgan fingerprint density at radius 2 is 0.725 bits per heavy atom. The Kier molecular flexibility index (Phi) is 38.6. The molecule has 0 aromatic carbocycles. The van der Waals surface area contributed by atoms with Gasteiger partial charge in [0.1, 0.15) is 0 Å². The molecule has 0 aromatic rings. The fourth-order valence-electron chi connectivity index (χ4n) is 5.29. The van der Waals surface area contributed by atoms with Gasteiger partial charge in [-0.1, -0.05) is 188 Å². The fourth-order valence-corrected chi connectivity index (χ4v) is 6.07. The third kappa shape index (κ3) is 37.8. The molecule has 0 radical (unpaired) electrons. The van der Waals surface area contributed by atoms with Gasteiger partial charge in [0.2, 0.25) is 0 Å². The minimum atomic E-state index is -4.12. The van der Waals surface area contributed by atoms with Gasteiger partial charge in [0.15, 0.2) is 0 Å². The van der Waals surface area contributed by atoms with Crippen LogP contribution in [0.2, 0.25) is 0 Å². The molecule has 0 heterocycles. The molecule has 0 amide bonds. The van der Waals surface area contributed by atoms with E-state index in [2.05, 4.69) is 20.8 Å². The molecule has 1 atom stereocenters. The summed E-state index contributed by atoms with van der Waals surface area (Å²) < 4.78 is 22.0. The van der Waals surface area contributed by atoms with Crippen LogP contribution in [0.1, 0.15) is 201 Å². The van der Waals surface area contributed by atoms with Gasteiger partial charge in [0.05, 0.1) is 13.2 Å². The summed E-state index contributed by atoms with van der Waals surface area (Å²) in [4.78, 5) is 11.9. The Labute approximate surface area is 294 Å². The summed E-state index contributed by atoms with van der Waals surface area (Å²) in [6.45, 7) is 7.42. The van der Waals surface area contributed by atoms with Crippen LogP contribution in [-0.4, -0.2) is 13.2 Å². The summed E-state index contributed by atoms with van der Waals surface area (Å²) in [5.41, 5.74) is 0. The van der Waals surface area contributed by atoms with E-state index in [1.807, 2.05) is 0 Å². The number of phosphoric ester groups is 1. The molecule has 4 nitrogen and oxygen atoms in total. The molecular formula is C34H70KO4P. The summed E-state index contributed by atoms with van der Waals surface area (Å²) in [6.07, 6.45) is 36.1. The molecule has 1 unspecified atom stereocenters. The standard InChI is InChI=1S/C34H71O4P.K/c1-4-5-6-7-8-9-10-11-14-17-20-23-26-29-32-37-39(35,36)38-33-30-27-24-21-18-15-12-13-16-19-22-25-28-31-34(2)3;/h34H,4-33H2,1-3H3,(H,35,36);/q;+1/p-1. The summed E-state index contributed by atoms with van der Waals surface area (Å²) in [5, 5.41) is 0. The van der Waals surface area contributed by atoms with Crippen LogP contribution in [0.5, 0.6) is 0 Å². The maximum absolute atomic E-state index is 11.9. The number of rotatable bonds is 33. The maximum Gasteiger partial charge on any atom is 1.00 e. The second-order valence-electron chi connectivity index (χ2n) is 12.5. The molecule has 6 heteroatoms. The Morgan fingerprint density at radius 3 is 1.00 bits per heavy atom. The molecule has 0 fully saturated rings. The molecule has 0 aromatic heterocycles. The van der Waals surface area contributed by atoms with E-state index in [0.29, 0.717) is 0 Å². The molecule has 0 saturated heterocycles. The van der Waals surface area contributed by atoms with Gasteiger partial charge in [0, 0.05) is 0 Å².